The van der Waals surface area contributed by atoms with Crippen LogP contribution < -0.4 is 21.9 Å². The molecule has 0 unspecified atom stereocenters. The van der Waals surface area contributed by atoms with Crippen molar-refractivity contribution in [3.63, 3.8) is 0 Å². The first-order chi connectivity index (χ1) is 20.5. The molecule has 9 nitrogen and oxygen atoms in total. The van der Waals surface area contributed by atoms with Gasteiger partial charge in [-0.25, -0.2) is 19.2 Å². The van der Waals surface area contributed by atoms with Crippen LogP contribution in [0.1, 0.15) is 34.1 Å². The molecule has 13 heteroatoms. The van der Waals surface area contributed by atoms with E-state index in [1.165, 1.54) is 13.3 Å². The normalized spacial score (nSPS) is 15.1. The Hall–Kier alpha value is -4.36. The summed E-state index contributed by atoms with van der Waals surface area (Å²) in [6.45, 7) is 3.11. The minimum absolute atomic E-state index is 0.153. The van der Waals surface area contributed by atoms with E-state index in [2.05, 4.69) is 14.9 Å². The molecule has 43 heavy (non-hydrogen) atoms. The van der Waals surface area contributed by atoms with E-state index in [0.29, 0.717) is 38.3 Å². The lowest BCUT2D eigenvalue weighted by molar-refractivity contribution is -0.138. The van der Waals surface area contributed by atoms with Gasteiger partial charge < -0.3 is 10.6 Å². The zero-order chi connectivity index (χ0) is 30.7. The molecular formula is C30H31F4N7O2. The second-order valence-electron chi connectivity index (χ2n) is 10.5. The first kappa shape index (κ1) is 30.1. The molecule has 1 fully saturated rings. The highest BCUT2D eigenvalue weighted by Gasteiger charge is 2.35. The molecule has 0 saturated carbocycles. The lowest BCUT2D eigenvalue weighted by Gasteiger charge is -2.36. The first-order valence-corrected chi connectivity index (χ1v) is 13.8. The summed E-state index contributed by atoms with van der Waals surface area (Å²) in [5.74, 6) is -1.10. The maximum Gasteiger partial charge on any atom is 0.416 e. The third-order valence-corrected chi connectivity index (χ3v) is 7.72. The zero-order valence-electron chi connectivity index (χ0n) is 23.5. The van der Waals surface area contributed by atoms with E-state index in [0.717, 1.165) is 33.0 Å². The summed E-state index contributed by atoms with van der Waals surface area (Å²) in [6, 6.07) is 12.6. The molecule has 1 aliphatic heterocycles. The van der Waals surface area contributed by atoms with Gasteiger partial charge in [-0.2, -0.15) is 13.2 Å². The molecule has 0 spiro atoms. The number of hydrogen-bond donors (Lipinski definition) is 1. The van der Waals surface area contributed by atoms with Crippen LogP contribution in [0.5, 0.6) is 0 Å². The Balaban J connectivity index is 1.55. The molecule has 1 saturated heterocycles. The van der Waals surface area contributed by atoms with Crippen LogP contribution >= 0.6 is 0 Å². The fraction of sp³-hybridized carbons (Fsp3) is 0.333. The highest BCUT2D eigenvalue weighted by molar-refractivity contribution is 5.50. The molecule has 226 valence electrons. The molecule has 5 rings (SSSR count). The molecule has 2 N–H and O–H groups in total. The topological polar surface area (TPSA) is 102 Å². The van der Waals surface area contributed by atoms with Crippen molar-refractivity contribution in [1.82, 2.24) is 24.0 Å². The molecule has 0 bridgehead atoms. The molecule has 0 amide bonds. The van der Waals surface area contributed by atoms with E-state index >= 15 is 0 Å². The number of benzene rings is 2. The van der Waals surface area contributed by atoms with Crippen molar-refractivity contribution in [2.45, 2.75) is 38.8 Å². The number of nitrogens with zero attached hydrogens (tertiary/aromatic N) is 6. The fourth-order valence-corrected chi connectivity index (χ4v) is 5.41. The minimum atomic E-state index is -4.85. The summed E-state index contributed by atoms with van der Waals surface area (Å²) < 4.78 is 58.4. The van der Waals surface area contributed by atoms with Crippen molar-refractivity contribution in [2.24, 2.45) is 5.73 Å². The Kier molecular flexibility index (Phi) is 8.74. The van der Waals surface area contributed by atoms with Gasteiger partial charge in [-0.3, -0.25) is 18.8 Å². The van der Waals surface area contributed by atoms with E-state index in [1.807, 2.05) is 11.0 Å². The first-order valence-electron chi connectivity index (χ1n) is 13.8. The highest BCUT2D eigenvalue weighted by atomic mass is 19.4. The third kappa shape index (κ3) is 6.52. The van der Waals surface area contributed by atoms with Crippen LogP contribution in [-0.4, -0.2) is 50.2 Å². The van der Waals surface area contributed by atoms with Crippen molar-refractivity contribution in [1.29, 1.82) is 0 Å². The monoisotopic (exact) mass is 597 g/mol. The Labute approximate surface area is 244 Å². The molecule has 1 aliphatic rings. The van der Waals surface area contributed by atoms with Gasteiger partial charge in [0.1, 0.15) is 17.8 Å². The number of aromatic nitrogens is 4. The number of nitrogens with two attached hydrogens (primary N) is 1. The quantitative estimate of drug-likeness (QED) is 0.311. The van der Waals surface area contributed by atoms with E-state index in [-0.39, 0.29) is 17.9 Å². The van der Waals surface area contributed by atoms with Gasteiger partial charge in [0.25, 0.3) is 5.56 Å². The second kappa shape index (κ2) is 12.5. The predicted molar refractivity (Wildman–Crippen MR) is 153 cm³/mol. The van der Waals surface area contributed by atoms with Gasteiger partial charge in [0.15, 0.2) is 0 Å². The van der Waals surface area contributed by atoms with Gasteiger partial charge in [-0.1, -0.05) is 36.4 Å². The molecular weight excluding hydrogens is 566 g/mol. The standard InChI is InChI=1S/C30H31F4N7O2/c1-20-27(39-14-12-38(13-15-39)16-22-10-11-36-19-37-22)28(42)41(18-26(35)21-6-3-2-4-7-21)29(43)40(20)17-23-24(30(32,33)34)8-5-9-25(23)31/h2-11,19,26H,12-18,35H2,1H3/t26-/m0/s1. The average molecular weight is 598 g/mol. The van der Waals surface area contributed by atoms with Crippen LogP contribution in [0.15, 0.2) is 76.7 Å². The van der Waals surface area contributed by atoms with E-state index in [9.17, 15) is 27.2 Å². The lowest BCUT2D eigenvalue weighted by atomic mass is 10.1. The van der Waals surface area contributed by atoms with Crippen LogP contribution in [-0.2, 0) is 25.8 Å². The summed E-state index contributed by atoms with van der Waals surface area (Å²) in [5.41, 5.74) is 4.90. The molecule has 2 aromatic heterocycles. The molecule has 0 radical (unpaired) electrons. The van der Waals surface area contributed by atoms with Crippen molar-refractivity contribution in [3.8, 4) is 0 Å². The summed E-state index contributed by atoms with van der Waals surface area (Å²) in [7, 11) is 0. The molecule has 4 aromatic rings. The number of rotatable bonds is 8. The minimum Gasteiger partial charge on any atom is -0.363 e. The van der Waals surface area contributed by atoms with Crippen molar-refractivity contribution in [2.75, 3.05) is 31.1 Å². The van der Waals surface area contributed by atoms with E-state index < -0.39 is 47.0 Å². The maximum absolute atomic E-state index is 14.9. The van der Waals surface area contributed by atoms with Gasteiger partial charge in [-0.15, -0.1) is 0 Å². The number of hydrogen-bond acceptors (Lipinski definition) is 7. The van der Waals surface area contributed by atoms with Crippen molar-refractivity contribution >= 4 is 5.69 Å². The smallest absolute Gasteiger partial charge is 0.363 e. The largest absolute Gasteiger partial charge is 0.416 e. The summed E-state index contributed by atoms with van der Waals surface area (Å²) in [6.07, 6.45) is -1.71. The van der Waals surface area contributed by atoms with Crippen LogP contribution in [0.25, 0.3) is 0 Å². The van der Waals surface area contributed by atoms with Crippen LogP contribution in [0.4, 0.5) is 23.2 Å². The van der Waals surface area contributed by atoms with E-state index in [1.54, 1.807) is 36.5 Å². The third-order valence-electron chi connectivity index (χ3n) is 7.72. The Morgan fingerprint density at radius 1 is 0.930 bits per heavy atom. The second-order valence-corrected chi connectivity index (χ2v) is 10.5. The zero-order valence-corrected chi connectivity index (χ0v) is 23.5. The van der Waals surface area contributed by atoms with Gasteiger partial charge in [0.2, 0.25) is 0 Å². The summed E-state index contributed by atoms with van der Waals surface area (Å²) >= 11 is 0. The Bertz CT molecular complexity index is 1680. The molecule has 2 aromatic carbocycles. The Morgan fingerprint density at radius 3 is 2.30 bits per heavy atom. The fourth-order valence-electron chi connectivity index (χ4n) is 5.41. The number of halogens is 4. The predicted octanol–water partition coefficient (Wildman–Crippen LogP) is 3.34. The van der Waals surface area contributed by atoms with Crippen LogP contribution in [0.2, 0.25) is 0 Å². The van der Waals surface area contributed by atoms with Crippen molar-refractivity contribution in [3.05, 3.63) is 122 Å². The Morgan fingerprint density at radius 2 is 1.65 bits per heavy atom. The highest BCUT2D eigenvalue weighted by Crippen LogP contribution is 2.33. The average Bonchev–Trinajstić information content (AvgIpc) is 2.99. The van der Waals surface area contributed by atoms with Gasteiger partial charge >= 0.3 is 11.9 Å². The number of alkyl halides is 3. The van der Waals surface area contributed by atoms with Crippen LogP contribution in [0.3, 0.4) is 0 Å². The van der Waals surface area contributed by atoms with Gasteiger partial charge in [0, 0.05) is 56.2 Å². The number of anilines is 1. The van der Waals surface area contributed by atoms with Crippen LogP contribution in [0, 0.1) is 12.7 Å². The number of piperazine rings is 1. The van der Waals surface area contributed by atoms with Crippen molar-refractivity contribution < 1.29 is 17.6 Å². The van der Waals surface area contributed by atoms with Gasteiger partial charge in [0.05, 0.1) is 24.3 Å². The van der Waals surface area contributed by atoms with E-state index in [4.69, 9.17) is 5.73 Å². The molecule has 1 atom stereocenters. The molecule has 3 heterocycles. The maximum atomic E-state index is 14.9. The van der Waals surface area contributed by atoms with Gasteiger partial charge in [-0.05, 0) is 30.7 Å². The lowest BCUT2D eigenvalue weighted by Crippen LogP contribution is -2.51. The summed E-state index contributed by atoms with van der Waals surface area (Å²) in [4.78, 5) is 39.8. The molecule has 0 aliphatic carbocycles. The summed E-state index contributed by atoms with van der Waals surface area (Å²) in [5, 5.41) is 0. The SMILES string of the molecule is Cc1c(N2CCN(Cc3ccncn3)CC2)c(=O)n(C[C@H](N)c2ccccc2)c(=O)n1Cc1c(F)cccc1C(F)(F)F.